The third kappa shape index (κ3) is 8.10. The molecule has 7 nitrogen and oxygen atoms in total. The van der Waals surface area contributed by atoms with Crippen LogP contribution in [0.2, 0.25) is 0 Å². The SMILES string of the molecule is O=C(N[C@@H](Cc1ccccc1)C(=O)N[C@@H](Cc1ccccc1)B(O)O)OCc1ccccc1. The lowest BCUT2D eigenvalue weighted by molar-refractivity contribution is -0.123. The molecule has 33 heavy (non-hydrogen) atoms. The van der Waals surface area contributed by atoms with Crippen LogP contribution in [0.15, 0.2) is 91.0 Å². The fourth-order valence-electron chi connectivity index (χ4n) is 3.35. The van der Waals surface area contributed by atoms with Gasteiger partial charge in [-0.05, 0) is 23.1 Å². The van der Waals surface area contributed by atoms with Gasteiger partial charge in [0.1, 0.15) is 12.6 Å². The first-order chi connectivity index (χ1) is 16.0. The molecule has 3 aromatic carbocycles. The molecule has 0 heterocycles. The number of alkyl carbamates (subject to hydrolysis) is 1. The fraction of sp³-hybridized carbons (Fsp3) is 0.200. The van der Waals surface area contributed by atoms with E-state index in [1.54, 1.807) is 0 Å². The van der Waals surface area contributed by atoms with Crippen molar-refractivity contribution < 1.29 is 24.4 Å². The summed E-state index contributed by atoms with van der Waals surface area (Å²) in [6, 6.07) is 26.7. The van der Waals surface area contributed by atoms with Crippen molar-refractivity contribution in [3.05, 3.63) is 108 Å². The van der Waals surface area contributed by atoms with Gasteiger partial charge in [0.25, 0.3) is 0 Å². The van der Waals surface area contributed by atoms with Gasteiger partial charge >= 0.3 is 13.2 Å². The Labute approximate surface area is 193 Å². The first-order valence-electron chi connectivity index (χ1n) is 10.7. The van der Waals surface area contributed by atoms with E-state index >= 15 is 0 Å². The fourth-order valence-corrected chi connectivity index (χ4v) is 3.35. The molecule has 0 fully saturated rings. The maximum Gasteiger partial charge on any atom is 0.475 e. The van der Waals surface area contributed by atoms with Crippen LogP contribution >= 0.6 is 0 Å². The predicted octanol–water partition coefficient (Wildman–Crippen LogP) is 2.26. The molecule has 0 aliphatic heterocycles. The topological polar surface area (TPSA) is 108 Å². The van der Waals surface area contributed by atoms with E-state index in [9.17, 15) is 19.6 Å². The van der Waals surface area contributed by atoms with Gasteiger partial charge in [-0.3, -0.25) is 4.79 Å². The van der Waals surface area contributed by atoms with Gasteiger partial charge < -0.3 is 25.4 Å². The number of ether oxygens (including phenoxy) is 1. The van der Waals surface area contributed by atoms with Gasteiger partial charge in [0.05, 0.1) is 5.94 Å². The lowest BCUT2D eigenvalue weighted by atomic mass is 9.75. The maximum atomic E-state index is 13.1. The summed E-state index contributed by atoms with van der Waals surface area (Å²) in [5.74, 6) is -1.48. The molecule has 4 N–H and O–H groups in total. The van der Waals surface area contributed by atoms with E-state index in [1.165, 1.54) is 0 Å². The van der Waals surface area contributed by atoms with Crippen LogP contribution in [0, 0.1) is 0 Å². The molecular formula is C25H27BN2O5. The summed E-state index contributed by atoms with van der Waals surface area (Å²) in [5.41, 5.74) is 2.50. The van der Waals surface area contributed by atoms with Crippen LogP contribution in [0.5, 0.6) is 0 Å². The number of rotatable bonds is 10. The Balaban J connectivity index is 1.67. The molecule has 3 aromatic rings. The summed E-state index contributed by atoms with van der Waals surface area (Å²) in [4.78, 5) is 25.5. The average molecular weight is 446 g/mol. The Morgan fingerprint density at radius 3 is 1.73 bits per heavy atom. The van der Waals surface area contributed by atoms with Gasteiger partial charge in [-0.1, -0.05) is 91.0 Å². The van der Waals surface area contributed by atoms with Crippen molar-refractivity contribution in [3.63, 3.8) is 0 Å². The van der Waals surface area contributed by atoms with Gasteiger partial charge in [-0.15, -0.1) is 0 Å². The lowest BCUT2D eigenvalue weighted by Crippen LogP contribution is -2.55. The van der Waals surface area contributed by atoms with Gasteiger partial charge in [0.15, 0.2) is 0 Å². The normalized spacial score (nSPS) is 12.3. The first kappa shape index (κ1) is 24.0. The Morgan fingerprint density at radius 1 is 0.727 bits per heavy atom. The van der Waals surface area contributed by atoms with E-state index in [1.807, 2.05) is 91.0 Å². The number of hydrogen-bond acceptors (Lipinski definition) is 5. The van der Waals surface area contributed by atoms with E-state index in [4.69, 9.17) is 4.74 Å². The molecule has 0 saturated carbocycles. The van der Waals surface area contributed by atoms with Crippen molar-refractivity contribution in [2.24, 2.45) is 0 Å². The van der Waals surface area contributed by atoms with Gasteiger partial charge in [0.2, 0.25) is 5.91 Å². The zero-order chi connectivity index (χ0) is 23.5. The summed E-state index contributed by atoms with van der Waals surface area (Å²) in [6.45, 7) is 0.0678. The second kappa shape index (κ2) is 12.4. The van der Waals surface area contributed by atoms with Crippen molar-refractivity contribution in [3.8, 4) is 0 Å². The lowest BCUT2D eigenvalue weighted by Gasteiger charge is -2.23. The molecule has 0 aliphatic carbocycles. The summed E-state index contributed by atoms with van der Waals surface area (Å²) >= 11 is 0. The first-order valence-corrected chi connectivity index (χ1v) is 10.7. The minimum absolute atomic E-state index is 0.0678. The Kier molecular flexibility index (Phi) is 9.05. The molecule has 0 saturated heterocycles. The van der Waals surface area contributed by atoms with Crippen molar-refractivity contribution in [2.75, 3.05) is 0 Å². The molecule has 3 rings (SSSR count). The molecule has 2 atom stereocenters. The third-order valence-corrected chi connectivity index (χ3v) is 5.09. The smallest absolute Gasteiger partial charge is 0.445 e. The number of hydrogen-bond donors (Lipinski definition) is 4. The summed E-state index contributed by atoms with van der Waals surface area (Å²) in [5, 5.41) is 24.9. The van der Waals surface area contributed by atoms with E-state index in [0.29, 0.717) is 0 Å². The molecule has 0 unspecified atom stereocenters. The van der Waals surface area contributed by atoms with Crippen LogP contribution in [0.3, 0.4) is 0 Å². The second-order valence-corrected chi connectivity index (χ2v) is 7.67. The number of nitrogens with one attached hydrogen (secondary N) is 2. The zero-order valence-corrected chi connectivity index (χ0v) is 18.1. The van der Waals surface area contributed by atoms with Crippen LogP contribution in [0.25, 0.3) is 0 Å². The standard InChI is InChI=1S/C25H27BN2O5/c29-24(28-23(26(31)32)17-20-12-6-2-7-13-20)22(16-19-10-4-1-5-11-19)27-25(30)33-18-21-14-8-3-9-15-21/h1-15,22-23,31-32H,16-18H2,(H,27,30)(H,28,29)/t22-,23-/m0/s1. The van der Waals surface area contributed by atoms with E-state index in [0.717, 1.165) is 16.7 Å². The van der Waals surface area contributed by atoms with Crippen LogP contribution in [-0.4, -0.2) is 41.1 Å². The minimum atomic E-state index is -1.77. The number of benzene rings is 3. The number of carbonyl (C=O) groups excluding carboxylic acids is 2. The highest BCUT2D eigenvalue weighted by Gasteiger charge is 2.30. The maximum absolute atomic E-state index is 13.1. The van der Waals surface area contributed by atoms with Crippen molar-refractivity contribution in [1.82, 2.24) is 10.6 Å². The molecule has 2 amide bonds. The second-order valence-electron chi connectivity index (χ2n) is 7.67. The summed E-state index contributed by atoms with van der Waals surface area (Å²) in [6.07, 6.45) is -0.299. The van der Waals surface area contributed by atoms with Crippen LogP contribution < -0.4 is 10.6 Å². The summed E-state index contributed by atoms with van der Waals surface area (Å²) in [7, 11) is -1.77. The average Bonchev–Trinajstić information content (AvgIpc) is 2.84. The Bertz CT molecular complexity index is 1000. The van der Waals surface area contributed by atoms with Crippen molar-refractivity contribution in [2.45, 2.75) is 31.4 Å². The monoisotopic (exact) mass is 446 g/mol. The van der Waals surface area contributed by atoms with Crippen LogP contribution in [-0.2, 0) is 29.0 Å². The van der Waals surface area contributed by atoms with E-state index < -0.39 is 31.1 Å². The van der Waals surface area contributed by atoms with Gasteiger partial charge in [-0.25, -0.2) is 4.79 Å². The van der Waals surface area contributed by atoms with Crippen molar-refractivity contribution >= 4 is 19.1 Å². The Morgan fingerprint density at radius 2 is 1.21 bits per heavy atom. The predicted molar refractivity (Wildman–Crippen MR) is 126 cm³/mol. The molecule has 170 valence electrons. The highest BCUT2D eigenvalue weighted by molar-refractivity contribution is 6.43. The zero-order valence-electron chi connectivity index (χ0n) is 18.1. The van der Waals surface area contributed by atoms with E-state index in [-0.39, 0.29) is 19.4 Å². The molecule has 0 bridgehead atoms. The van der Waals surface area contributed by atoms with Gasteiger partial charge in [-0.2, -0.15) is 0 Å². The molecule has 8 heteroatoms. The molecule has 0 spiro atoms. The molecule has 0 aromatic heterocycles. The van der Waals surface area contributed by atoms with Gasteiger partial charge in [0, 0.05) is 6.42 Å². The molecular weight excluding hydrogens is 419 g/mol. The largest absolute Gasteiger partial charge is 0.475 e. The minimum Gasteiger partial charge on any atom is -0.445 e. The van der Waals surface area contributed by atoms with Crippen LogP contribution in [0.4, 0.5) is 4.79 Å². The number of amides is 2. The quantitative estimate of drug-likeness (QED) is 0.358. The van der Waals surface area contributed by atoms with E-state index in [2.05, 4.69) is 10.6 Å². The van der Waals surface area contributed by atoms with Crippen LogP contribution in [0.1, 0.15) is 16.7 Å². The molecule has 0 aliphatic rings. The summed E-state index contributed by atoms with van der Waals surface area (Å²) < 4.78 is 5.27. The Hall–Kier alpha value is -3.62. The third-order valence-electron chi connectivity index (χ3n) is 5.09. The highest BCUT2D eigenvalue weighted by Crippen LogP contribution is 2.08. The van der Waals surface area contributed by atoms with Crippen molar-refractivity contribution in [1.29, 1.82) is 0 Å². The number of carbonyl (C=O) groups is 2. The highest BCUT2D eigenvalue weighted by atomic mass is 16.5. The molecule has 0 radical (unpaired) electrons.